The van der Waals surface area contributed by atoms with E-state index in [2.05, 4.69) is 31.2 Å². The minimum Gasteiger partial charge on any atom is -0.207 e. The first kappa shape index (κ1) is 20.6. The van der Waals surface area contributed by atoms with Crippen LogP contribution < -0.4 is 0 Å². The van der Waals surface area contributed by atoms with Crippen molar-refractivity contribution in [2.45, 2.75) is 83.5 Å². The first-order valence-corrected chi connectivity index (χ1v) is 12.1. The van der Waals surface area contributed by atoms with Gasteiger partial charge in [0.2, 0.25) is 0 Å². The second kappa shape index (κ2) is 9.92. The molecule has 4 atom stereocenters. The van der Waals surface area contributed by atoms with E-state index in [0.717, 1.165) is 29.2 Å². The molecule has 2 saturated carbocycles. The van der Waals surface area contributed by atoms with E-state index in [1.165, 1.54) is 81.8 Å². The molecule has 0 bridgehead atoms. The molecule has 29 heavy (non-hydrogen) atoms. The van der Waals surface area contributed by atoms with Crippen molar-refractivity contribution < 1.29 is 4.39 Å². The summed E-state index contributed by atoms with van der Waals surface area (Å²) in [5, 5.41) is 0. The lowest BCUT2D eigenvalue weighted by molar-refractivity contribution is 0.113. The summed E-state index contributed by atoms with van der Waals surface area (Å²) in [6.45, 7) is 2.31. The van der Waals surface area contributed by atoms with Gasteiger partial charge in [-0.15, -0.1) is 0 Å². The fourth-order valence-corrected chi connectivity index (χ4v) is 6.00. The molecule has 0 nitrogen and oxygen atoms in total. The lowest BCUT2D eigenvalue weighted by Crippen LogP contribution is -2.30. The van der Waals surface area contributed by atoms with Crippen molar-refractivity contribution >= 4 is 0 Å². The van der Waals surface area contributed by atoms with Gasteiger partial charge in [0, 0.05) is 0 Å². The number of rotatable bonds is 7. The average Bonchev–Trinajstić information content (AvgIpc) is 2.77. The molecule has 0 heterocycles. The number of unbranched alkanes of at least 4 members (excludes halogenated alkanes) is 3. The molecule has 0 amide bonds. The van der Waals surface area contributed by atoms with E-state index in [9.17, 15) is 4.39 Å². The van der Waals surface area contributed by atoms with Crippen LogP contribution >= 0.6 is 0 Å². The number of halogens is 1. The molecule has 156 valence electrons. The maximum absolute atomic E-state index is 13.2. The summed E-state index contributed by atoms with van der Waals surface area (Å²) >= 11 is 0. The molecule has 1 heteroatoms. The Morgan fingerprint density at radius 2 is 1.38 bits per heavy atom. The fraction of sp³-hybridized carbons (Fsp3) is 0.571. The van der Waals surface area contributed by atoms with Gasteiger partial charge in [-0.2, -0.15) is 0 Å². The molecule has 2 aliphatic carbocycles. The molecule has 4 rings (SSSR count). The molecule has 1 unspecified atom stereocenters. The Morgan fingerprint density at radius 1 is 0.724 bits per heavy atom. The standard InChI is InChI=1S/C28H37F/c1-2-3-4-5-6-21-7-8-27-20-26(14-13-25(27)19-21)24-11-9-22(10-12-24)23-15-17-28(29)18-16-23/h9-12,15-18,21,25-27H,2-8,13-14,19-20H2,1H3/t21?,25-,26-,27-/m1/s1. The van der Waals surface area contributed by atoms with Gasteiger partial charge in [0.05, 0.1) is 0 Å². The molecule has 2 aromatic carbocycles. The van der Waals surface area contributed by atoms with Gasteiger partial charge in [-0.1, -0.05) is 81.8 Å². The first-order valence-electron chi connectivity index (χ1n) is 12.1. The van der Waals surface area contributed by atoms with Gasteiger partial charge in [0.25, 0.3) is 0 Å². The van der Waals surface area contributed by atoms with Crippen LogP contribution in [-0.2, 0) is 0 Å². The number of benzene rings is 2. The molecule has 0 aliphatic heterocycles. The third kappa shape index (κ3) is 5.30. The molecule has 0 spiro atoms. The molecule has 0 aromatic heterocycles. The predicted octanol–water partition coefficient (Wildman–Crippen LogP) is 8.76. The fourth-order valence-electron chi connectivity index (χ4n) is 6.00. The van der Waals surface area contributed by atoms with Crippen molar-refractivity contribution in [3.05, 3.63) is 59.9 Å². The van der Waals surface area contributed by atoms with Crippen LogP contribution in [0.5, 0.6) is 0 Å². The average molecular weight is 393 g/mol. The monoisotopic (exact) mass is 392 g/mol. The Kier molecular flexibility index (Phi) is 7.06. The Hall–Kier alpha value is -1.63. The van der Waals surface area contributed by atoms with E-state index >= 15 is 0 Å². The van der Waals surface area contributed by atoms with Crippen molar-refractivity contribution in [3.63, 3.8) is 0 Å². The molecular formula is C28H37F. The highest BCUT2D eigenvalue weighted by Gasteiger charge is 2.35. The Labute approximate surface area is 176 Å². The van der Waals surface area contributed by atoms with Gasteiger partial charge in [-0.3, -0.25) is 0 Å². The summed E-state index contributed by atoms with van der Waals surface area (Å²) in [7, 11) is 0. The van der Waals surface area contributed by atoms with Crippen LogP contribution in [0.4, 0.5) is 4.39 Å². The van der Waals surface area contributed by atoms with Crippen LogP contribution in [0.25, 0.3) is 11.1 Å². The lowest BCUT2D eigenvalue weighted by atomic mass is 9.63. The maximum Gasteiger partial charge on any atom is 0.123 e. The Morgan fingerprint density at radius 3 is 2.10 bits per heavy atom. The largest absolute Gasteiger partial charge is 0.207 e. The zero-order chi connectivity index (χ0) is 20.1. The van der Waals surface area contributed by atoms with Crippen LogP contribution in [0.15, 0.2) is 48.5 Å². The summed E-state index contributed by atoms with van der Waals surface area (Å²) in [5.41, 5.74) is 3.79. The molecule has 2 aliphatic rings. The minimum absolute atomic E-state index is 0.169. The lowest BCUT2D eigenvalue weighted by Gasteiger charge is -2.42. The van der Waals surface area contributed by atoms with E-state index in [1.807, 2.05) is 12.1 Å². The second-order valence-corrected chi connectivity index (χ2v) is 9.69. The van der Waals surface area contributed by atoms with Crippen molar-refractivity contribution in [2.75, 3.05) is 0 Å². The predicted molar refractivity (Wildman–Crippen MR) is 122 cm³/mol. The first-order chi connectivity index (χ1) is 14.2. The summed E-state index contributed by atoms with van der Waals surface area (Å²) < 4.78 is 13.2. The summed E-state index contributed by atoms with van der Waals surface area (Å²) in [4.78, 5) is 0. The van der Waals surface area contributed by atoms with Gasteiger partial charge in [0.1, 0.15) is 5.82 Å². The van der Waals surface area contributed by atoms with Gasteiger partial charge in [-0.05, 0) is 84.6 Å². The molecule has 0 N–H and O–H groups in total. The van der Waals surface area contributed by atoms with Crippen LogP contribution in [0.3, 0.4) is 0 Å². The maximum atomic E-state index is 13.2. The summed E-state index contributed by atoms with van der Waals surface area (Å²) in [6.07, 6.45) is 15.8. The van der Waals surface area contributed by atoms with E-state index in [1.54, 1.807) is 12.1 Å². The van der Waals surface area contributed by atoms with Crippen LogP contribution in [0.2, 0.25) is 0 Å². The van der Waals surface area contributed by atoms with Crippen molar-refractivity contribution in [1.82, 2.24) is 0 Å². The number of hydrogen-bond donors (Lipinski definition) is 0. The zero-order valence-electron chi connectivity index (χ0n) is 18.1. The second-order valence-electron chi connectivity index (χ2n) is 9.69. The summed E-state index contributed by atoms with van der Waals surface area (Å²) in [5.74, 6) is 3.53. The topological polar surface area (TPSA) is 0 Å². The molecule has 0 radical (unpaired) electrons. The number of fused-ring (bicyclic) bond motifs is 1. The van der Waals surface area contributed by atoms with Gasteiger partial charge in [0.15, 0.2) is 0 Å². The molecule has 2 fully saturated rings. The zero-order valence-corrected chi connectivity index (χ0v) is 18.1. The van der Waals surface area contributed by atoms with Crippen LogP contribution in [0.1, 0.15) is 89.0 Å². The summed E-state index contributed by atoms with van der Waals surface area (Å²) in [6, 6.07) is 15.9. The van der Waals surface area contributed by atoms with Gasteiger partial charge >= 0.3 is 0 Å². The molecule has 2 aromatic rings. The van der Waals surface area contributed by atoms with E-state index in [4.69, 9.17) is 0 Å². The molecular weight excluding hydrogens is 355 g/mol. The van der Waals surface area contributed by atoms with Crippen LogP contribution in [-0.4, -0.2) is 0 Å². The van der Waals surface area contributed by atoms with Gasteiger partial charge < -0.3 is 0 Å². The smallest absolute Gasteiger partial charge is 0.123 e. The normalized spacial score (nSPS) is 26.8. The highest BCUT2D eigenvalue weighted by Crippen LogP contribution is 2.48. The quantitative estimate of drug-likeness (QED) is 0.413. The molecule has 0 saturated heterocycles. The number of hydrogen-bond acceptors (Lipinski definition) is 0. The van der Waals surface area contributed by atoms with Crippen LogP contribution in [0, 0.1) is 23.6 Å². The third-order valence-electron chi connectivity index (χ3n) is 7.75. The SMILES string of the molecule is CCCCCCC1CC[C@@H]2C[C@H](c3ccc(-c4ccc(F)cc4)cc3)CC[C@@H]2C1. The third-order valence-corrected chi connectivity index (χ3v) is 7.75. The van der Waals surface area contributed by atoms with Crippen molar-refractivity contribution in [2.24, 2.45) is 17.8 Å². The van der Waals surface area contributed by atoms with Crippen molar-refractivity contribution in [3.8, 4) is 11.1 Å². The highest BCUT2D eigenvalue weighted by molar-refractivity contribution is 5.63. The Balaban J connectivity index is 1.30. The van der Waals surface area contributed by atoms with E-state index < -0.39 is 0 Å². The van der Waals surface area contributed by atoms with E-state index in [-0.39, 0.29) is 5.82 Å². The minimum atomic E-state index is -0.169. The Bertz CT molecular complexity index is 745. The van der Waals surface area contributed by atoms with E-state index in [0.29, 0.717) is 0 Å². The van der Waals surface area contributed by atoms with Gasteiger partial charge in [-0.25, -0.2) is 4.39 Å². The highest BCUT2D eigenvalue weighted by atomic mass is 19.1. The van der Waals surface area contributed by atoms with Crippen molar-refractivity contribution in [1.29, 1.82) is 0 Å².